The standard InChI is InChI=1S/C17H19NO6/c19-15-8-12-3-4-16(23-5-6-24-16)9-17(12,18(15)20)11-1-2-13-14(7-11)22-10-21-13/h1-2,7,12,20H,3-6,8-10H2/t12-,17+/m1/s1. The van der Waals surface area contributed by atoms with Crippen molar-refractivity contribution in [2.45, 2.75) is 37.0 Å². The Labute approximate surface area is 139 Å². The van der Waals surface area contributed by atoms with Gasteiger partial charge in [0, 0.05) is 19.3 Å². The van der Waals surface area contributed by atoms with Crippen LogP contribution in [0.25, 0.3) is 0 Å². The topological polar surface area (TPSA) is 77.5 Å². The van der Waals surface area contributed by atoms with Gasteiger partial charge in [-0.15, -0.1) is 0 Å². The molecule has 1 saturated carbocycles. The zero-order valence-corrected chi connectivity index (χ0v) is 13.2. The Morgan fingerprint density at radius 1 is 1.17 bits per heavy atom. The summed E-state index contributed by atoms with van der Waals surface area (Å²) in [5.74, 6) is 0.362. The van der Waals surface area contributed by atoms with Crippen molar-refractivity contribution in [3.05, 3.63) is 23.8 Å². The molecule has 5 rings (SSSR count). The van der Waals surface area contributed by atoms with Gasteiger partial charge in [-0.25, -0.2) is 5.06 Å². The highest BCUT2D eigenvalue weighted by atomic mass is 16.7. The molecule has 0 radical (unpaired) electrons. The smallest absolute Gasteiger partial charge is 0.247 e. The Balaban J connectivity index is 1.63. The van der Waals surface area contributed by atoms with E-state index in [9.17, 15) is 10.0 Å². The summed E-state index contributed by atoms with van der Waals surface area (Å²) in [7, 11) is 0. The van der Waals surface area contributed by atoms with Crippen LogP contribution < -0.4 is 9.47 Å². The van der Waals surface area contributed by atoms with Crippen LogP contribution in [0.3, 0.4) is 0 Å². The monoisotopic (exact) mass is 333 g/mol. The second-order valence-electron chi connectivity index (χ2n) is 6.92. The van der Waals surface area contributed by atoms with Gasteiger partial charge in [-0.05, 0) is 30.0 Å². The largest absolute Gasteiger partial charge is 0.454 e. The Morgan fingerprint density at radius 2 is 1.96 bits per heavy atom. The highest BCUT2D eigenvalue weighted by Crippen LogP contribution is 2.57. The van der Waals surface area contributed by atoms with Gasteiger partial charge in [0.15, 0.2) is 17.3 Å². The summed E-state index contributed by atoms with van der Waals surface area (Å²) in [6.45, 7) is 1.27. The number of fused-ring (bicyclic) bond motifs is 2. The number of hydroxylamine groups is 2. The minimum Gasteiger partial charge on any atom is -0.454 e. The lowest BCUT2D eigenvalue weighted by atomic mass is 9.67. The van der Waals surface area contributed by atoms with Crippen molar-refractivity contribution < 1.29 is 28.9 Å². The summed E-state index contributed by atoms with van der Waals surface area (Å²) in [6, 6.07) is 5.60. The van der Waals surface area contributed by atoms with E-state index >= 15 is 0 Å². The molecule has 3 fully saturated rings. The molecule has 1 aromatic rings. The van der Waals surface area contributed by atoms with Crippen LogP contribution in [-0.4, -0.2) is 42.0 Å². The first kappa shape index (κ1) is 14.5. The summed E-state index contributed by atoms with van der Waals surface area (Å²) < 4.78 is 22.6. The van der Waals surface area contributed by atoms with E-state index in [4.69, 9.17) is 18.9 Å². The molecule has 2 atom stereocenters. The molecular formula is C17H19NO6. The molecule has 1 amide bonds. The van der Waals surface area contributed by atoms with Crippen molar-refractivity contribution in [2.75, 3.05) is 20.0 Å². The lowest BCUT2D eigenvalue weighted by molar-refractivity contribution is -0.249. The number of rotatable bonds is 1. The van der Waals surface area contributed by atoms with Gasteiger partial charge in [0.05, 0.1) is 13.2 Å². The van der Waals surface area contributed by atoms with Gasteiger partial charge in [0.25, 0.3) is 0 Å². The Morgan fingerprint density at radius 3 is 2.79 bits per heavy atom. The van der Waals surface area contributed by atoms with E-state index < -0.39 is 11.3 Å². The van der Waals surface area contributed by atoms with Crippen molar-refractivity contribution in [3.8, 4) is 11.5 Å². The minimum atomic E-state index is -0.847. The van der Waals surface area contributed by atoms with Gasteiger partial charge < -0.3 is 18.9 Å². The summed E-state index contributed by atoms with van der Waals surface area (Å²) in [6.07, 6.45) is 2.26. The first-order chi connectivity index (χ1) is 11.6. The normalized spacial score (nSPS) is 33.3. The maximum Gasteiger partial charge on any atom is 0.247 e. The third-order valence-corrected chi connectivity index (χ3v) is 5.81. The van der Waals surface area contributed by atoms with E-state index in [0.717, 1.165) is 23.5 Å². The van der Waals surface area contributed by atoms with Gasteiger partial charge in [-0.1, -0.05) is 6.07 Å². The predicted molar refractivity (Wildman–Crippen MR) is 79.5 cm³/mol. The first-order valence-corrected chi connectivity index (χ1v) is 8.33. The predicted octanol–water partition coefficient (Wildman–Crippen LogP) is 1.78. The van der Waals surface area contributed by atoms with Crippen molar-refractivity contribution in [1.82, 2.24) is 5.06 Å². The number of benzene rings is 1. The van der Waals surface area contributed by atoms with Crippen LogP contribution >= 0.6 is 0 Å². The number of nitrogens with zero attached hydrogens (tertiary/aromatic N) is 1. The fraction of sp³-hybridized carbons (Fsp3) is 0.588. The zero-order chi connectivity index (χ0) is 16.4. The van der Waals surface area contributed by atoms with E-state index in [0.29, 0.717) is 37.6 Å². The Kier molecular flexibility index (Phi) is 2.93. The number of carbonyl (C=O) groups excluding carboxylic acids is 1. The van der Waals surface area contributed by atoms with Gasteiger partial charge in [-0.2, -0.15) is 0 Å². The van der Waals surface area contributed by atoms with Gasteiger partial charge in [-0.3, -0.25) is 10.0 Å². The molecule has 1 aliphatic carbocycles. The maximum atomic E-state index is 12.3. The van der Waals surface area contributed by atoms with Crippen LogP contribution in [0.1, 0.15) is 31.2 Å². The summed E-state index contributed by atoms with van der Waals surface area (Å²) >= 11 is 0. The van der Waals surface area contributed by atoms with Crippen molar-refractivity contribution in [1.29, 1.82) is 0 Å². The molecule has 2 saturated heterocycles. The third kappa shape index (κ3) is 1.80. The molecular weight excluding hydrogens is 314 g/mol. The molecule has 0 aromatic heterocycles. The third-order valence-electron chi connectivity index (χ3n) is 5.81. The highest BCUT2D eigenvalue weighted by Gasteiger charge is 2.62. The fourth-order valence-corrected chi connectivity index (χ4v) is 4.68. The molecule has 3 heterocycles. The molecule has 128 valence electrons. The molecule has 0 bridgehead atoms. The highest BCUT2D eigenvalue weighted by molar-refractivity contribution is 5.79. The van der Waals surface area contributed by atoms with E-state index in [1.165, 1.54) is 0 Å². The lowest BCUT2D eigenvalue weighted by Gasteiger charge is -2.48. The summed E-state index contributed by atoms with van der Waals surface area (Å²) in [5, 5.41) is 11.6. The van der Waals surface area contributed by atoms with Gasteiger partial charge in [0.1, 0.15) is 5.54 Å². The fourth-order valence-electron chi connectivity index (χ4n) is 4.68. The lowest BCUT2D eigenvalue weighted by Crippen LogP contribution is -2.54. The molecule has 24 heavy (non-hydrogen) atoms. The zero-order valence-electron chi connectivity index (χ0n) is 13.2. The number of hydrogen-bond acceptors (Lipinski definition) is 6. The van der Waals surface area contributed by atoms with Crippen molar-refractivity contribution in [3.63, 3.8) is 0 Å². The molecule has 7 nitrogen and oxygen atoms in total. The number of amides is 1. The van der Waals surface area contributed by atoms with Crippen LogP contribution in [0.5, 0.6) is 11.5 Å². The molecule has 1 N–H and O–H groups in total. The van der Waals surface area contributed by atoms with Crippen LogP contribution in [0.15, 0.2) is 18.2 Å². The summed E-state index contributed by atoms with van der Waals surface area (Å²) in [4.78, 5) is 12.3. The molecule has 4 aliphatic rings. The van der Waals surface area contributed by atoms with Crippen LogP contribution in [0.4, 0.5) is 0 Å². The van der Waals surface area contributed by atoms with E-state index in [-0.39, 0.29) is 18.6 Å². The maximum absolute atomic E-state index is 12.3. The Hall–Kier alpha value is -1.83. The first-order valence-electron chi connectivity index (χ1n) is 8.33. The van der Waals surface area contributed by atoms with Crippen molar-refractivity contribution >= 4 is 5.91 Å². The molecule has 3 aliphatic heterocycles. The summed E-state index contributed by atoms with van der Waals surface area (Å²) in [5.41, 5.74) is -0.0102. The van der Waals surface area contributed by atoms with E-state index in [1.807, 2.05) is 18.2 Å². The molecule has 1 spiro atoms. The number of ether oxygens (including phenoxy) is 4. The minimum absolute atomic E-state index is 0.0220. The number of carbonyl (C=O) groups is 1. The Bertz CT molecular complexity index is 700. The average Bonchev–Trinajstić information content (AvgIpc) is 3.29. The SMILES string of the molecule is O=C1C[C@H]2CCC3(C[C@@]2(c2ccc4c(c2)OCO4)N1O)OCCO3. The van der Waals surface area contributed by atoms with Gasteiger partial charge in [0.2, 0.25) is 12.7 Å². The van der Waals surface area contributed by atoms with E-state index in [2.05, 4.69) is 0 Å². The average molecular weight is 333 g/mol. The van der Waals surface area contributed by atoms with Crippen molar-refractivity contribution in [2.24, 2.45) is 5.92 Å². The van der Waals surface area contributed by atoms with Crippen LogP contribution in [0.2, 0.25) is 0 Å². The quantitative estimate of drug-likeness (QED) is 0.790. The molecule has 7 heteroatoms. The second-order valence-corrected chi connectivity index (χ2v) is 6.92. The number of hydrogen-bond donors (Lipinski definition) is 1. The second kappa shape index (κ2) is 4.84. The molecule has 0 unspecified atom stereocenters. The van der Waals surface area contributed by atoms with E-state index in [1.54, 1.807) is 0 Å². The van der Waals surface area contributed by atoms with Crippen LogP contribution in [-0.2, 0) is 19.8 Å². The van der Waals surface area contributed by atoms with Crippen LogP contribution in [0, 0.1) is 5.92 Å². The molecule has 1 aromatic carbocycles. The van der Waals surface area contributed by atoms with Gasteiger partial charge >= 0.3 is 0 Å².